The molecule has 0 heterocycles. The Balaban J connectivity index is 2.49. The monoisotopic (exact) mass is 244 g/mol. The Hall–Kier alpha value is -0.220. The van der Waals surface area contributed by atoms with Crippen molar-refractivity contribution in [1.29, 1.82) is 0 Å². The number of nitrogens with two attached hydrogens (primary N) is 1. The summed E-state index contributed by atoms with van der Waals surface area (Å²) in [6.07, 6.45) is 7.61. The van der Waals surface area contributed by atoms with E-state index in [9.17, 15) is 4.79 Å². The third-order valence-electron chi connectivity index (χ3n) is 3.39. The lowest BCUT2D eigenvalue weighted by atomic mass is 9.94. The van der Waals surface area contributed by atoms with Gasteiger partial charge in [0.25, 0.3) is 0 Å². The number of nitrogens with zero attached hydrogens (tertiary/aromatic N) is 1. The second-order valence-corrected chi connectivity index (χ2v) is 5.65. The Morgan fingerprint density at radius 2 is 2.06 bits per heavy atom. The van der Waals surface area contributed by atoms with Gasteiger partial charge < -0.3 is 10.6 Å². The fraction of sp³-hybridized carbons (Fsp3) is 0.917. The minimum absolute atomic E-state index is 0.0642. The Labute approximate surface area is 103 Å². The predicted octanol–water partition coefficient (Wildman–Crippen LogP) is 1.72. The van der Waals surface area contributed by atoms with Crippen molar-refractivity contribution in [2.24, 2.45) is 11.7 Å². The van der Waals surface area contributed by atoms with Gasteiger partial charge in [-0.1, -0.05) is 19.3 Å². The molecule has 2 atom stereocenters. The van der Waals surface area contributed by atoms with Gasteiger partial charge >= 0.3 is 0 Å². The molecule has 0 aromatic carbocycles. The van der Waals surface area contributed by atoms with Crippen LogP contribution in [0, 0.1) is 5.92 Å². The van der Waals surface area contributed by atoms with Gasteiger partial charge in [-0.3, -0.25) is 4.79 Å². The van der Waals surface area contributed by atoms with Crippen molar-refractivity contribution in [2.75, 3.05) is 25.6 Å². The molecule has 2 unspecified atom stereocenters. The van der Waals surface area contributed by atoms with E-state index in [1.165, 1.54) is 12.8 Å². The predicted molar refractivity (Wildman–Crippen MR) is 70.6 cm³/mol. The van der Waals surface area contributed by atoms with Crippen molar-refractivity contribution in [1.82, 2.24) is 4.90 Å². The number of thioether (sulfide) groups is 1. The number of amides is 1. The van der Waals surface area contributed by atoms with Crippen LogP contribution >= 0.6 is 11.8 Å². The Bertz CT molecular complexity index is 223. The molecule has 0 bridgehead atoms. The van der Waals surface area contributed by atoms with E-state index >= 15 is 0 Å². The fourth-order valence-corrected chi connectivity index (χ4v) is 2.72. The summed E-state index contributed by atoms with van der Waals surface area (Å²) in [6.45, 7) is 0.837. The molecule has 1 amide bonds. The van der Waals surface area contributed by atoms with E-state index in [1.54, 1.807) is 11.8 Å². The largest absolute Gasteiger partial charge is 0.345 e. The van der Waals surface area contributed by atoms with E-state index < -0.39 is 0 Å². The standard InChI is InChI=1S/C12H24N2OS/c1-14(8-9-16-2)12(15)10-6-4-3-5-7-11(10)13/h10-11H,3-9,13H2,1-2H3. The van der Waals surface area contributed by atoms with Crippen LogP contribution in [0.3, 0.4) is 0 Å². The van der Waals surface area contributed by atoms with Gasteiger partial charge in [-0.25, -0.2) is 0 Å². The van der Waals surface area contributed by atoms with Gasteiger partial charge in [0, 0.05) is 25.4 Å². The molecule has 1 fully saturated rings. The van der Waals surface area contributed by atoms with Crippen LogP contribution in [0.15, 0.2) is 0 Å². The molecule has 1 aliphatic carbocycles. The second-order valence-electron chi connectivity index (χ2n) is 4.66. The fourth-order valence-electron chi connectivity index (χ4n) is 2.26. The highest BCUT2D eigenvalue weighted by atomic mass is 32.2. The van der Waals surface area contributed by atoms with E-state index in [2.05, 4.69) is 6.26 Å². The zero-order valence-corrected chi connectivity index (χ0v) is 11.3. The van der Waals surface area contributed by atoms with Gasteiger partial charge in [0.05, 0.1) is 5.92 Å². The van der Waals surface area contributed by atoms with Crippen LogP contribution in [0.2, 0.25) is 0 Å². The third kappa shape index (κ3) is 3.98. The summed E-state index contributed by atoms with van der Waals surface area (Å²) in [4.78, 5) is 14.1. The van der Waals surface area contributed by atoms with Crippen molar-refractivity contribution < 1.29 is 4.79 Å². The third-order valence-corrected chi connectivity index (χ3v) is 3.98. The molecule has 0 aromatic heterocycles. The van der Waals surface area contributed by atoms with Crippen LogP contribution in [-0.2, 0) is 4.79 Å². The number of hydrogen-bond acceptors (Lipinski definition) is 3. The molecule has 1 aliphatic rings. The first-order chi connectivity index (χ1) is 7.66. The van der Waals surface area contributed by atoms with Crippen molar-refractivity contribution in [3.8, 4) is 0 Å². The SMILES string of the molecule is CSCCN(C)C(=O)C1CCCCCC1N. The van der Waals surface area contributed by atoms with Crippen molar-refractivity contribution >= 4 is 17.7 Å². The topological polar surface area (TPSA) is 46.3 Å². The molecular weight excluding hydrogens is 220 g/mol. The molecule has 4 heteroatoms. The van der Waals surface area contributed by atoms with Crippen LogP contribution in [0.1, 0.15) is 32.1 Å². The quantitative estimate of drug-likeness (QED) is 0.766. The van der Waals surface area contributed by atoms with Crippen molar-refractivity contribution in [3.63, 3.8) is 0 Å². The Morgan fingerprint density at radius 3 is 2.75 bits per heavy atom. The molecule has 0 spiro atoms. The number of rotatable bonds is 4. The van der Waals surface area contributed by atoms with Crippen LogP contribution in [0.25, 0.3) is 0 Å². The highest BCUT2D eigenvalue weighted by Crippen LogP contribution is 2.23. The molecule has 0 aliphatic heterocycles. The van der Waals surface area contributed by atoms with Crippen LogP contribution in [0.5, 0.6) is 0 Å². The average molecular weight is 244 g/mol. The minimum Gasteiger partial charge on any atom is -0.345 e. The molecule has 3 nitrogen and oxygen atoms in total. The highest BCUT2D eigenvalue weighted by Gasteiger charge is 2.28. The zero-order chi connectivity index (χ0) is 12.0. The van der Waals surface area contributed by atoms with E-state index in [-0.39, 0.29) is 17.9 Å². The first-order valence-electron chi connectivity index (χ1n) is 6.16. The van der Waals surface area contributed by atoms with E-state index in [0.717, 1.165) is 31.6 Å². The summed E-state index contributed by atoms with van der Waals surface area (Å²) >= 11 is 1.77. The summed E-state index contributed by atoms with van der Waals surface area (Å²) in [7, 11) is 1.90. The lowest BCUT2D eigenvalue weighted by Gasteiger charge is -2.26. The summed E-state index contributed by atoms with van der Waals surface area (Å²) in [5.74, 6) is 1.32. The normalized spacial score (nSPS) is 26.2. The first-order valence-corrected chi connectivity index (χ1v) is 7.55. The maximum absolute atomic E-state index is 12.2. The number of carbonyl (C=O) groups is 1. The minimum atomic E-state index is 0.0642. The van der Waals surface area contributed by atoms with Crippen molar-refractivity contribution in [3.05, 3.63) is 0 Å². The van der Waals surface area contributed by atoms with Gasteiger partial charge in [0.1, 0.15) is 0 Å². The Kier molecular flexibility index (Phi) is 6.21. The lowest BCUT2D eigenvalue weighted by molar-refractivity contribution is -0.134. The zero-order valence-electron chi connectivity index (χ0n) is 10.4. The van der Waals surface area contributed by atoms with E-state index in [4.69, 9.17) is 5.73 Å². The number of hydrogen-bond donors (Lipinski definition) is 1. The van der Waals surface area contributed by atoms with Gasteiger partial charge in [0.2, 0.25) is 5.91 Å². The Morgan fingerprint density at radius 1 is 1.38 bits per heavy atom. The molecule has 94 valence electrons. The van der Waals surface area contributed by atoms with Gasteiger partial charge in [-0.15, -0.1) is 0 Å². The molecule has 0 radical (unpaired) electrons. The molecule has 16 heavy (non-hydrogen) atoms. The molecular formula is C12H24N2OS. The summed E-state index contributed by atoms with van der Waals surface area (Å²) < 4.78 is 0. The summed E-state index contributed by atoms with van der Waals surface area (Å²) in [5.41, 5.74) is 6.09. The van der Waals surface area contributed by atoms with E-state index in [1.807, 2.05) is 11.9 Å². The summed E-state index contributed by atoms with van der Waals surface area (Å²) in [6, 6.07) is 0.0757. The average Bonchev–Trinajstić information content (AvgIpc) is 2.49. The highest BCUT2D eigenvalue weighted by molar-refractivity contribution is 7.98. The van der Waals surface area contributed by atoms with Gasteiger partial charge in [-0.05, 0) is 19.1 Å². The maximum Gasteiger partial charge on any atom is 0.227 e. The first kappa shape index (κ1) is 13.8. The van der Waals surface area contributed by atoms with Crippen LogP contribution in [-0.4, -0.2) is 42.4 Å². The van der Waals surface area contributed by atoms with Crippen LogP contribution in [0.4, 0.5) is 0 Å². The van der Waals surface area contributed by atoms with Crippen LogP contribution < -0.4 is 5.73 Å². The van der Waals surface area contributed by atoms with E-state index in [0.29, 0.717) is 0 Å². The smallest absolute Gasteiger partial charge is 0.227 e. The molecule has 0 saturated heterocycles. The lowest BCUT2D eigenvalue weighted by Crippen LogP contribution is -2.42. The maximum atomic E-state index is 12.2. The molecule has 0 aromatic rings. The number of carbonyl (C=O) groups excluding carboxylic acids is 1. The molecule has 2 N–H and O–H groups in total. The molecule has 1 saturated carbocycles. The second kappa shape index (κ2) is 7.17. The molecule has 1 rings (SSSR count). The summed E-state index contributed by atoms with van der Waals surface area (Å²) in [5, 5.41) is 0. The van der Waals surface area contributed by atoms with Gasteiger partial charge in [0.15, 0.2) is 0 Å². The van der Waals surface area contributed by atoms with Gasteiger partial charge in [-0.2, -0.15) is 11.8 Å². The van der Waals surface area contributed by atoms with Crippen molar-refractivity contribution in [2.45, 2.75) is 38.1 Å².